The van der Waals surface area contributed by atoms with Gasteiger partial charge in [0, 0.05) is 38.3 Å². The van der Waals surface area contributed by atoms with Gasteiger partial charge in [0.2, 0.25) is 0 Å². The van der Waals surface area contributed by atoms with E-state index in [0.29, 0.717) is 33.5 Å². The summed E-state index contributed by atoms with van der Waals surface area (Å²) in [7, 11) is 1.64. The smallest absolute Gasteiger partial charge is 0.331 e. The molecule has 1 aliphatic carbocycles. The van der Waals surface area contributed by atoms with Crippen LogP contribution in [0.3, 0.4) is 0 Å². The Hall–Kier alpha value is -2.06. The van der Waals surface area contributed by atoms with Gasteiger partial charge >= 0.3 is 11.7 Å². The zero-order valence-electron chi connectivity index (χ0n) is 15.7. The van der Waals surface area contributed by atoms with Gasteiger partial charge in [0.25, 0.3) is 5.56 Å². The molecule has 0 aliphatic heterocycles. The quantitative estimate of drug-likeness (QED) is 0.480. The number of ether oxygens (including phenoxy) is 1. The number of carbonyl (C=O) groups excluding carboxylic acids is 1. The Labute approximate surface area is 175 Å². The highest BCUT2D eigenvalue weighted by Gasteiger charge is 2.20. The van der Waals surface area contributed by atoms with E-state index in [1.54, 1.807) is 7.05 Å². The normalized spacial score (nSPS) is 16.4. The second-order valence-electron chi connectivity index (χ2n) is 6.76. The Bertz CT molecular complexity index is 1090. The van der Waals surface area contributed by atoms with Gasteiger partial charge in [0.15, 0.2) is 0 Å². The third-order valence-electron chi connectivity index (χ3n) is 4.71. The van der Waals surface area contributed by atoms with Crippen LogP contribution >= 0.6 is 27.5 Å². The lowest BCUT2D eigenvalue weighted by Gasteiger charge is -2.16. The van der Waals surface area contributed by atoms with Gasteiger partial charge in [-0.05, 0) is 40.8 Å². The lowest BCUT2D eigenvalue weighted by molar-refractivity contribution is -0.141. The highest BCUT2D eigenvalue weighted by atomic mass is 79.9. The molecule has 28 heavy (non-hydrogen) atoms. The van der Waals surface area contributed by atoms with Crippen LogP contribution in [0.5, 0.6) is 0 Å². The molecule has 0 spiro atoms. The molecular formula is C19H21BrClN3O4. The Balaban J connectivity index is 1.98. The Morgan fingerprint density at radius 1 is 1.36 bits per heavy atom. The number of fused-ring (bicyclic) bond motifs is 1. The molecule has 1 unspecified atom stereocenters. The van der Waals surface area contributed by atoms with Gasteiger partial charge in [-0.2, -0.15) is 0 Å². The van der Waals surface area contributed by atoms with E-state index in [1.165, 1.54) is 16.1 Å². The summed E-state index contributed by atoms with van der Waals surface area (Å²) in [6.45, 7) is 2.26. The highest BCUT2D eigenvalue weighted by Crippen LogP contribution is 2.26. The summed E-state index contributed by atoms with van der Waals surface area (Å²) in [6.07, 6.45) is 8.85. The molecule has 0 fully saturated rings. The first-order chi connectivity index (χ1) is 13.3. The molecule has 150 valence electrons. The average Bonchev–Trinajstić information content (AvgIpc) is 2.97. The summed E-state index contributed by atoms with van der Waals surface area (Å²) in [6, 6.07) is 0. The molecule has 1 aliphatic rings. The van der Waals surface area contributed by atoms with E-state index in [2.05, 4.69) is 15.9 Å². The number of nitrogens with zero attached hydrogens (tertiary/aromatic N) is 3. The van der Waals surface area contributed by atoms with Crippen LogP contribution in [-0.2, 0) is 29.7 Å². The van der Waals surface area contributed by atoms with Crippen LogP contribution < -0.4 is 11.2 Å². The second kappa shape index (κ2) is 8.53. The number of rotatable bonds is 6. The number of esters is 1. The zero-order valence-corrected chi connectivity index (χ0v) is 18.0. The fraction of sp³-hybridized carbons (Fsp3) is 0.421. The van der Waals surface area contributed by atoms with Gasteiger partial charge < -0.3 is 9.30 Å². The first kappa shape index (κ1) is 20.7. The summed E-state index contributed by atoms with van der Waals surface area (Å²) in [4.78, 5) is 36.7. The van der Waals surface area contributed by atoms with Gasteiger partial charge in [-0.3, -0.25) is 18.7 Å². The van der Waals surface area contributed by atoms with Crippen molar-refractivity contribution >= 4 is 44.5 Å². The molecule has 0 aromatic carbocycles. The van der Waals surface area contributed by atoms with Crippen molar-refractivity contribution in [2.75, 3.05) is 6.61 Å². The fourth-order valence-corrected chi connectivity index (χ4v) is 4.22. The van der Waals surface area contributed by atoms with Crippen molar-refractivity contribution in [1.29, 1.82) is 0 Å². The molecular weight excluding hydrogens is 450 g/mol. The molecule has 0 radical (unpaired) electrons. The van der Waals surface area contributed by atoms with Crippen LogP contribution in [0.25, 0.3) is 11.0 Å². The fourth-order valence-electron chi connectivity index (χ4n) is 3.35. The van der Waals surface area contributed by atoms with Crippen LogP contribution in [-0.4, -0.2) is 26.3 Å². The van der Waals surface area contributed by atoms with Crippen molar-refractivity contribution in [3.8, 4) is 0 Å². The van der Waals surface area contributed by atoms with Crippen molar-refractivity contribution in [2.24, 2.45) is 13.0 Å². The Morgan fingerprint density at radius 3 is 2.75 bits per heavy atom. The predicted octanol–water partition coefficient (Wildman–Crippen LogP) is 2.92. The maximum absolute atomic E-state index is 13.1. The molecule has 0 saturated carbocycles. The summed E-state index contributed by atoms with van der Waals surface area (Å²) in [5.41, 5.74) is 0.293. The largest absolute Gasteiger partial charge is 0.466 e. The van der Waals surface area contributed by atoms with Gasteiger partial charge in [-0.1, -0.05) is 23.8 Å². The lowest BCUT2D eigenvalue weighted by atomic mass is 10.0. The minimum atomic E-state index is -0.397. The molecule has 0 bridgehead atoms. The van der Waals surface area contributed by atoms with E-state index in [-0.39, 0.29) is 30.6 Å². The van der Waals surface area contributed by atoms with Gasteiger partial charge in [-0.25, -0.2) is 4.79 Å². The third-order valence-corrected chi connectivity index (χ3v) is 5.57. The van der Waals surface area contributed by atoms with E-state index < -0.39 is 5.69 Å². The van der Waals surface area contributed by atoms with Crippen molar-refractivity contribution < 1.29 is 9.53 Å². The maximum Gasteiger partial charge on any atom is 0.331 e. The average molecular weight is 471 g/mol. The molecule has 7 nitrogen and oxygen atoms in total. The van der Waals surface area contributed by atoms with Crippen LogP contribution in [0.4, 0.5) is 0 Å². The SMILES string of the molecule is CC(=O)OCCCn1c(=O)c2c(c(Br)cn2CC2C=CC(Cl)=CC2)n(C)c1=O. The number of hydrogen-bond acceptors (Lipinski definition) is 4. The first-order valence-corrected chi connectivity index (χ1v) is 10.1. The lowest BCUT2D eigenvalue weighted by Crippen LogP contribution is -2.40. The molecule has 0 saturated heterocycles. The van der Waals surface area contributed by atoms with Crippen molar-refractivity contribution in [1.82, 2.24) is 13.7 Å². The topological polar surface area (TPSA) is 75.2 Å². The van der Waals surface area contributed by atoms with E-state index in [1.807, 2.05) is 29.0 Å². The maximum atomic E-state index is 13.1. The van der Waals surface area contributed by atoms with Crippen LogP contribution in [0, 0.1) is 5.92 Å². The van der Waals surface area contributed by atoms with E-state index >= 15 is 0 Å². The molecule has 0 N–H and O–H groups in total. The summed E-state index contributed by atoms with van der Waals surface area (Å²) >= 11 is 9.46. The molecule has 0 amide bonds. The minimum absolute atomic E-state index is 0.160. The number of aromatic nitrogens is 3. The van der Waals surface area contributed by atoms with Crippen LogP contribution in [0.2, 0.25) is 0 Å². The van der Waals surface area contributed by atoms with E-state index in [0.717, 1.165) is 6.42 Å². The first-order valence-electron chi connectivity index (χ1n) is 8.95. The Kier molecular flexibility index (Phi) is 6.30. The van der Waals surface area contributed by atoms with Gasteiger partial charge in [-0.15, -0.1) is 0 Å². The van der Waals surface area contributed by atoms with Gasteiger partial charge in [0.1, 0.15) is 5.52 Å². The van der Waals surface area contributed by atoms with Gasteiger partial charge in [0.05, 0.1) is 16.6 Å². The Morgan fingerprint density at radius 2 is 2.11 bits per heavy atom. The number of hydrogen-bond donors (Lipinski definition) is 0. The van der Waals surface area contributed by atoms with E-state index in [9.17, 15) is 14.4 Å². The standard InChI is InChI=1S/C19H21BrClN3O4/c1-12(25)28-9-3-8-24-18(26)17-16(22(2)19(24)27)15(20)11-23(17)10-13-4-6-14(21)7-5-13/h4,6-7,11,13H,3,5,8-10H2,1-2H3. The second-order valence-corrected chi connectivity index (χ2v) is 8.05. The molecule has 2 aromatic rings. The molecule has 2 heterocycles. The number of halogens is 2. The number of allylic oxidation sites excluding steroid dienone is 4. The zero-order chi connectivity index (χ0) is 20.4. The number of aryl methyl sites for hydroxylation is 1. The van der Waals surface area contributed by atoms with Crippen molar-refractivity contribution in [3.05, 3.63) is 54.8 Å². The van der Waals surface area contributed by atoms with Crippen molar-refractivity contribution in [2.45, 2.75) is 32.9 Å². The molecule has 9 heteroatoms. The van der Waals surface area contributed by atoms with Crippen LogP contribution in [0.15, 0.2) is 43.5 Å². The predicted molar refractivity (Wildman–Crippen MR) is 112 cm³/mol. The summed E-state index contributed by atoms with van der Waals surface area (Å²) < 4.78 is 10.1. The van der Waals surface area contributed by atoms with Crippen LogP contribution in [0.1, 0.15) is 19.8 Å². The molecule has 2 aromatic heterocycles. The molecule has 1 atom stereocenters. The summed E-state index contributed by atoms with van der Waals surface area (Å²) in [5, 5.41) is 0.715. The third kappa shape index (κ3) is 4.17. The molecule has 3 rings (SSSR count). The van der Waals surface area contributed by atoms with E-state index in [4.69, 9.17) is 16.3 Å². The van der Waals surface area contributed by atoms with Crippen molar-refractivity contribution in [3.63, 3.8) is 0 Å². The number of carbonyl (C=O) groups is 1. The highest BCUT2D eigenvalue weighted by molar-refractivity contribution is 9.10. The summed E-state index contributed by atoms with van der Waals surface area (Å²) in [5.74, 6) is -0.178. The monoisotopic (exact) mass is 469 g/mol. The minimum Gasteiger partial charge on any atom is -0.466 e.